The molecular formula is C10H12N2O4. The van der Waals surface area contributed by atoms with Gasteiger partial charge in [0, 0.05) is 18.1 Å². The van der Waals surface area contributed by atoms with Gasteiger partial charge in [-0.3, -0.25) is 14.9 Å². The van der Waals surface area contributed by atoms with Gasteiger partial charge in [-0.05, 0) is 13.0 Å². The van der Waals surface area contributed by atoms with Gasteiger partial charge in [0.05, 0.1) is 4.92 Å². The number of rotatable bonds is 4. The number of aliphatic carboxylic acids is 1. The molecule has 1 rings (SSSR count). The first-order valence-corrected chi connectivity index (χ1v) is 4.64. The molecule has 1 unspecified atom stereocenters. The van der Waals surface area contributed by atoms with Crippen molar-refractivity contribution in [3.8, 4) is 0 Å². The number of hydrogen-bond acceptors (Lipinski definition) is 4. The van der Waals surface area contributed by atoms with Gasteiger partial charge in [0.1, 0.15) is 6.04 Å². The fourth-order valence-electron chi connectivity index (χ4n) is 1.38. The predicted octanol–water partition coefficient (Wildman–Crippen LogP) is 0.858. The first kappa shape index (κ1) is 12.1. The van der Waals surface area contributed by atoms with E-state index >= 15 is 0 Å². The zero-order chi connectivity index (χ0) is 12.3. The third-order valence-corrected chi connectivity index (χ3v) is 2.19. The summed E-state index contributed by atoms with van der Waals surface area (Å²) in [5.74, 6) is -1.17. The highest BCUT2D eigenvalue weighted by Gasteiger charge is 2.19. The average molecular weight is 224 g/mol. The SMILES string of the molecule is Cc1ccc([N+](=O)[O-])c(CC(N)C(=O)O)c1. The van der Waals surface area contributed by atoms with Gasteiger partial charge in [-0.15, -0.1) is 0 Å². The van der Waals surface area contributed by atoms with Crippen molar-refractivity contribution in [2.45, 2.75) is 19.4 Å². The zero-order valence-corrected chi connectivity index (χ0v) is 8.71. The fourth-order valence-corrected chi connectivity index (χ4v) is 1.38. The molecule has 0 amide bonds. The van der Waals surface area contributed by atoms with Crippen LogP contribution in [0.15, 0.2) is 18.2 Å². The minimum Gasteiger partial charge on any atom is -0.480 e. The van der Waals surface area contributed by atoms with Crippen LogP contribution in [-0.2, 0) is 11.2 Å². The first-order valence-electron chi connectivity index (χ1n) is 4.64. The molecule has 6 nitrogen and oxygen atoms in total. The summed E-state index contributed by atoms with van der Waals surface area (Å²) in [6.45, 7) is 1.78. The minimum absolute atomic E-state index is 0.0483. The Morgan fingerprint density at radius 1 is 1.62 bits per heavy atom. The molecule has 3 N–H and O–H groups in total. The van der Waals surface area contributed by atoms with Crippen molar-refractivity contribution in [3.05, 3.63) is 39.4 Å². The first-order chi connectivity index (χ1) is 7.41. The number of nitrogens with two attached hydrogens (primary N) is 1. The molecule has 0 bridgehead atoms. The number of carboxylic acid groups (broad SMARTS) is 1. The molecule has 1 atom stereocenters. The van der Waals surface area contributed by atoms with E-state index in [-0.39, 0.29) is 12.1 Å². The van der Waals surface area contributed by atoms with Crippen LogP contribution in [-0.4, -0.2) is 22.0 Å². The molecule has 86 valence electrons. The lowest BCUT2D eigenvalue weighted by atomic mass is 10.0. The highest BCUT2D eigenvalue weighted by molar-refractivity contribution is 5.73. The van der Waals surface area contributed by atoms with Gasteiger partial charge in [-0.1, -0.05) is 11.6 Å². The summed E-state index contributed by atoms with van der Waals surface area (Å²) in [5, 5.41) is 19.3. The smallest absolute Gasteiger partial charge is 0.320 e. The maximum atomic E-state index is 10.7. The van der Waals surface area contributed by atoms with Crippen LogP contribution in [0.4, 0.5) is 5.69 Å². The van der Waals surface area contributed by atoms with Crippen molar-refractivity contribution in [1.29, 1.82) is 0 Å². The number of nitrogens with zero attached hydrogens (tertiary/aromatic N) is 1. The van der Waals surface area contributed by atoms with E-state index in [1.807, 2.05) is 0 Å². The molecule has 0 radical (unpaired) electrons. The summed E-state index contributed by atoms with van der Waals surface area (Å²) in [7, 11) is 0. The predicted molar refractivity (Wildman–Crippen MR) is 57.1 cm³/mol. The fraction of sp³-hybridized carbons (Fsp3) is 0.300. The molecule has 0 aliphatic rings. The summed E-state index contributed by atoms with van der Waals surface area (Å²) in [5.41, 5.74) is 6.43. The van der Waals surface area contributed by atoms with Gasteiger partial charge in [0.25, 0.3) is 5.69 Å². The van der Waals surface area contributed by atoms with Crippen LogP contribution in [0.2, 0.25) is 0 Å². The van der Waals surface area contributed by atoms with E-state index in [4.69, 9.17) is 10.8 Å². The maximum Gasteiger partial charge on any atom is 0.320 e. The summed E-state index contributed by atoms with van der Waals surface area (Å²) in [4.78, 5) is 20.7. The summed E-state index contributed by atoms with van der Waals surface area (Å²) in [6.07, 6.45) is -0.0483. The third kappa shape index (κ3) is 2.77. The molecule has 0 saturated heterocycles. The molecule has 6 heteroatoms. The van der Waals surface area contributed by atoms with Crippen molar-refractivity contribution in [2.24, 2.45) is 5.73 Å². The van der Waals surface area contributed by atoms with Gasteiger partial charge in [0.15, 0.2) is 0 Å². The van der Waals surface area contributed by atoms with Crippen LogP contribution in [0.1, 0.15) is 11.1 Å². The highest BCUT2D eigenvalue weighted by atomic mass is 16.6. The van der Waals surface area contributed by atoms with Crippen LogP contribution < -0.4 is 5.73 Å². The van der Waals surface area contributed by atoms with Crippen LogP contribution in [0.3, 0.4) is 0 Å². The lowest BCUT2D eigenvalue weighted by molar-refractivity contribution is -0.385. The summed E-state index contributed by atoms with van der Waals surface area (Å²) in [6, 6.07) is 3.43. The van der Waals surface area contributed by atoms with Crippen molar-refractivity contribution >= 4 is 11.7 Å². The standard InChI is InChI=1S/C10H12N2O4/c1-6-2-3-9(12(15)16)7(4-6)5-8(11)10(13)14/h2-4,8H,5,11H2,1H3,(H,13,14). The van der Waals surface area contributed by atoms with Gasteiger partial charge in [0.2, 0.25) is 0 Å². The minimum atomic E-state index is -1.17. The number of benzene rings is 1. The Bertz CT molecular complexity index is 431. The molecule has 0 aliphatic carbocycles. The lowest BCUT2D eigenvalue weighted by Crippen LogP contribution is -2.32. The van der Waals surface area contributed by atoms with Crippen LogP contribution in [0, 0.1) is 17.0 Å². The lowest BCUT2D eigenvalue weighted by Gasteiger charge is -2.07. The molecule has 0 aromatic heterocycles. The van der Waals surface area contributed by atoms with Crippen molar-refractivity contribution in [1.82, 2.24) is 0 Å². The molecule has 16 heavy (non-hydrogen) atoms. The molecule has 1 aromatic rings. The zero-order valence-electron chi connectivity index (χ0n) is 8.71. The van der Waals surface area contributed by atoms with E-state index in [0.29, 0.717) is 5.56 Å². The molecule has 0 aliphatic heterocycles. The van der Waals surface area contributed by atoms with Crippen molar-refractivity contribution in [3.63, 3.8) is 0 Å². The summed E-state index contributed by atoms with van der Waals surface area (Å²) < 4.78 is 0. The van der Waals surface area contributed by atoms with E-state index in [2.05, 4.69) is 0 Å². The Balaban J connectivity index is 3.05. The Morgan fingerprint density at radius 2 is 2.25 bits per heavy atom. The quantitative estimate of drug-likeness (QED) is 0.582. The second-order valence-corrected chi connectivity index (χ2v) is 3.54. The second kappa shape index (κ2) is 4.71. The van der Waals surface area contributed by atoms with E-state index in [9.17, 15) is 14.9 Å². The largest absolute Gasteiger partial charge is 0.480 e. The third-order valence-electron chi connectivity index (χ3n) is 2.19. The van der Waals surface area contributed by atoms with Gasteiger partial charge < -0.3 is 10.8 Å². The van der Waals surface area contributed by atoms with E-state index in [0.717, 1.165) is 5.56 Å². The topological polar surface area (TPSA) is 106 Å². The number of carbonyl (C=O) groups is 1. The molecule has 0 heterocycles. The van der Waals surface area contributed by atoms with Crippen LogP contribution >= 0.6 is 0 Å². The maximum absolute atomic E-state index is 10.7. The van der Waals surface area contributed by atoms with Gasteiger partial charge >= 0.3 is 5.97 Å². The Kier molecular flexibility index (Phi) is 3.57. The second-order valence-electron chi connectivity index (χ2n) is 3.54. The van der Waals surface area contributed by atoms with E-state index in [1.54, 1.807) is 19.1 Å². The van der Waals surface area contributed by atoms with E-state index in [1.165, 1.54) is 6.07 Å². The Labute approximate surface area is 91.8 Å². The highest BCUT2D eigenvalue weighted by Crippen LogP contribution is 2.20. The van der Waals surface area contributed by atoms with Crippen LogP contribution in [0.25, 0.3) is 0 Å². The van der Waals surface area contributed by atoms with E-state index < -0.39 is 16.9 Å². The average Bonchev–Trinajstić information content (AvgIpc) is 2.16. The molecule has 0 saturated carbocycles. The van der Waals surface area contributed by atoms with Gasteiger partial charge in [-0.2, -0.15) is 0 Å². The molecule has 0 fully saturated rings. The number of nitro benzene ring substituents is 1. The Hall–Kier alpha value is -1.95. The molecular weight excluding hydrogens is 212 g/mol. The van der Waals surface area contributed by atoms with Crippen LogP contribution in [0.5, 0.6) is 0 Å². The molecule has 0 spiro atoms. The normalized spacial score (nSPS) is 12.1. The molecule has 1 aromatic carbocycles. The number of aryl methyl sites for hydroxylation is 1. The Morgan fingerprint density at radius 3 is 2.75 bits per heavy atom. The monoisotopic (exact) mass is 224 g/mol. The summed E-state index contributed by atoms with van der Waals surface area (Å²) >= 11 is 0. The van der Waals surface area contributed by atoms with Crippen molar-refractivity contribution < 1.29 is 14.8 Å². The van der Waals surface area contributed by atoms with Gasteiger partial charge in [-0.25, -0.2) is 0 Å². The number of carboxylic acids is 1. The number of hydrogen-bond donors (Lipinski definition) is 2. The number of nitro groups is 1. The van der Waals surface area contributed by atoms with Crippen molar-refractivity contribution in [2.75, 3.05) is 0 Å².